The summed E-state index contributed by atoms with van der Waals surface area (Å²) in [6.45, 7) is 2.98. The van der Waals surface area contributed by atoms with Crippen LogP contribution in [0.4, 0.5) is 5.69 Å². The first-order valence-electron chi connectivity index (χ1n) is 6.03. The summed E-state index contributed by atoms with van der Waals surface area (Å²) in [7, 11) is 3.94. The minimum absolute atomic E-state index is 0. The van der Waals surface area contributed by atoms with Crippen LogP contribution in [0.5, 0.6) is 5.75 Å². The number of hydrogen-bond donors (Lipinski definition) is 2. The Morgan fingerprint density at radius 3 is 2.65 bits per heavy atom. The SMILES string of the molecule is CC(N)C(=O)Nc1ccc(OCCN(C)C)c(Cl)c1.Cl. The average Bonchev–Trinajstić information content (AvgIpc) is 2.31. The molecule has 5 nitrogen and oxygen atoms in total. The Kier molecular flexibility index (Phi) is 8.57. The maximum atomic E-state index is 11.4. The average molecular weight is 322 g/mol. The molecule has 20 heavy (non-hydrogen) atoms. The molecule has 0 saturated heterocycles. The highest BCUT2D eigenvalue weighted by molar-refractivity contribution is 6.32. The summed E-state index contributed by atoms with van der Waals surface area (Å²) < 4.78 is 5.54. The quantitative estimate of drug-likeness (QED) is 0.840. The highest BCUT2D eigenvalue weighted by Gasteiger charge is 2.09. The molecule has 0 aliphatic heterocycles. The van der Waals surface area contributed by atoms with Gasteiger partial charge in [-0.2, -0.15) is 0 Å². The van der Waals surface area contributed by atoms with E-state index in [0.29, 0.717) is 23.1 Å². The normalized spacial score (nSPS) is 11.7. The lowest BCUT2D eigenvalue weighted by atomic mass is 10.2. The molecule has 0 heterocycles. The summed E-state index contributed by atoms with van der Waals surface area (Å²) >= 11 is 6.09. The molecule has 0 radical (unpaired) electrons. The summed E-state index contributed by atoms with van der Waals surface area (Å²) in [5.74, 6) is 0.347. The molecule has 0 fully saturated rings. The molecular formula is C13H21Cl2N3O2. The number of nitrogens with one attached hydrogen (secondary N) is 1. The molecule has 0 aliphatic rings. The van der Waals surface area contributed by atoms with Gasteiger partial charge in [0.05, 0.1) is 11.1 Å². The van der Waals surface area contributed by atoms with Gasteiger partial charge in [-0.3, -0.25) is 4.79 Å². The predicted octanol–water partition coefficient (Wildman–Crippen LogP) is 1.99. The van der Waals surface area contributed by atoms with E-state index in [1.807, 2.05) is 19.0 Å². The van der Waals surface area contributed by atoms with E-state index < -0.39 is 6.04 Å². The van der Waals surface area contributed by atoms with Crippen molar-refractivity contribution in [2.75, 3.05) is 32.6 Å². The van der Waals surface area contributed by atoms with Crippen LogP contribution in [0.3, 0.4) is 0 Å². The Morgan fingerprint density at radius 1 is 1.50 bits per heavy atom. The van der Waals surface area contributed by atoms with Crippen LogP contribution >= 0.6 is 24.0 Å². The van der Waals surface area contributed by atoms with Gasteiger partial charge in [-0.1, -0.05) is 11.6 Å². The minimum Gasteiger partial charge on any atom is -0.491 e. The van der Waals surface area contributed by atoms with E-state index in [4.69, 9.17) is 22.1 Å². The van der Waals surface area contributed by atoms with E-state index in [1.165, 1.54) is 0 Å². The number of ether oxygens (including phenoxy) is 1. The molecule has 0 aromatic heterocycles. The molecule has 0 spiro atoms. The van der Waals surface area contributed by atoms with E-state index in [9.17, 15) is 4.79 Å². The Bertz CT molecular complexity index is 440. The molecule has 1 unspecified atom stereocenters. The topological polar surface area (TPSA) is 67.6 Å². The van der Waals surface area contributed by atoms with Crippen molar-refractivity contribution in [3.05, 3.63) is 23.2 Å². The zero-order valence-corrected chi connectivity index (χ0v) is 13.4. The third kappa shape index (κ3) is 6.43. The monoisotopic (exact) mass is 321 g/mol. The van der Waals surface area contributed by atoms with Crippen LogP contribution in [0.25, 0.3) is 0 Å². The maximum Gasteiger partial charge on any atom is 0.240 e. The van der Waals surface area contributed by atoms with Gasteiger partial charge in [-0.15, -0.1) is 12.4 Å². The lowest BCUT2D eigenvalue weighted by Crippen LogP contribution is -2.32. The fourth-order valence-corrected chi connectivity index (χ4v) is 1.53. The number of hydrogen-bond acceptors (Lipinski definition) is 4. The molecule has 114 valence electrons. The second-order valence-corrected chi connectivity index (χ2v) is 4.98. The lowest BCUT2D eigenvalue weighted by molar-refractivity contribution is -0.117. The van der Waals surface area contributed by atoms with Crippen molar-refractivity contribution >= 4 is 35.6 Å². The number of nitrogens with two attached hydrogens (primary N) is 1. The molecule has 3 N–H and O–H groups in total. The highest BCUT2D eigenvalue weighted by Crippen LogP contribution is 2.27. The first-order chi connectivity index (χ1) is 8.90. The number of benzene rings is 1. The summed E-state index contributed by atoms with van der Waals surface area (Å²) in [5.41, 5.74) is 6.08. The van der Waals surface area contributed by atoms with Gasteiger partial charge in [0.15, 0.2) is 0 Å². The molecule has 0 bridgehead atoms. The first-order valence-corrected chi connectivity index (χ1v) is 6.41. The van der Waals surface area contributed by atoms with Crippen molar-refractivity contribution in [2.45, 2.75) is 13.0 Å². The molecule has 1 atom stereocenters. The Labute approximate surface area is 130 Å². The number of carbonyl (C=O) groups excluding carboxylic acids is 1. The van der Waals surface area contributed by atoms with Crippen LogP contribution in [-0.2, 0) is 4.79 Å². The zero-order valence-electron chi connectivity index (χ0n) is 11.9. The Hall–Kier alpha value is -1.01. The Morgan fingerprint density at radius 2 is 2.15 bits per heavy atom. The van der Waals surface area contributed by atoms with Gasteiger partial charge >= 0.3 is 0 Å². The van der Waals surface area contributed by atoms with Crippen LogP contribution in [0.15, 0.2) is 18.2 Å². The number of anilines is 1. The van der Waals surface area contributed by atoms with Crippen LogP contribution in [-0.4, -0.2) is 44.1 Å². The standard InChI is InChI=1S/C13H20ClN3O2.ClH/c1-9(15)13(18)16-10-4-5-12(11(14)8-10)19-7-6-17(2)3;/h4-5,8-9H,6-7,15H2,1-3H3,(H,16,18);1H. The zero-order chi connectivity index (χ0) is 14.4. The number of halogens is 2. The lowest BCUT2D eigenvalue weighted by Gasteiger charge is -2.13. The predicted molar refractivity (Wildman–Crippen MR) is 85.0 cm³/mol. The fourth-order valence-electron chi connectivity index (χ4n) is 1.29. The summed E-state index contributed by atoms with van der Waals surface area (Å²) in [5, 5.41) is 3.13. The number of amides is 1. The summed E-state index contributed by atoms with van der Waals surface area (Å²) in [4.78, 5) is 13.5. The smallest absolute Gasteiger partial charge is 0.240 e. The molecule has 0 saturated carbocycles. The summed E-state index contributed by atoms with van der Waals surface area (Å²) in [6, 6.07) is 4.55. The number of carbonyl (C=O) groups is 1. The largest absolute Gasteiger partial charge is 0.491 e. The van der Waals surface area contributed by atoms with Crippen molar-refractivity contribution in [1.29, 1.82) is 0 Å². The van der Waals surface area contributed by atoms with Gasteiger partial charge in [-0.05, 0) is 39.2 Å². The summed E-state index contributed by atoms with van der Waals surface area (Å²) in [6.07, 6.45) is 0. The fraction of sp³-hybridized carbons (Fsp3) is 0.462. The van der Waals surface area contributed by atoms with E-state index >= 15 is 0 Å². The number of nitrogens with zero attached hydrogens (tertiary/aromatic N) is 1. The second kappa shape index (κ2) is 9.02. The van der Waals surface area contributed by atoms with Crippen molar-refractivity contribution in [3.8, 4) is 5.75 Å². The molecule has 1 amide bonds. The molecule has 0 aliphatic carbocycles. The van der Waals surface area contributed by atoms with Crippen molar-refractivity contribution in [2.24, 2.45) is 5.73 Å². The molecule has 7 heteroatoms. The van der Waals surface area contributed by atoms with Crippen LogP contribution in [0.2, 0.25) is 5.02 Å². The second-order valence-electron chi connectivity index (χ2n) is 4.57. The van der Waals surface area contributed by atoms with E-state index in [2.05, 4.69) is 5.32 Å². The maximum absolute atomic E-state index is 11.4. The van der Waals surface area contributed by atoms with Gasteiger partial charge in [0, 0.05) is 12.2 Å². The van der Waals surface area contributed by atoms with Gasteiger partial charge in [-0.25, -0.2) is 0 Å². The third-order valence-corrected chi connectivity index (χ3v) is 2.70. The van der Waals surface area contributed by atoms with Crippen LogP contribution in [0.1, 0.15) is 6.92 Å². The molecule has 1 aromatic carbocycles. The highest BCUT2D eigenvalue weighted by atomic mass is 35.5. The van der Waals surface area contributed by atoms with E-state index in [0.717, 1.165) is 6.54 Å². The molecule has 1 rings (SSSR count). The first kappa shape index (κ1) is 19.0. The number of likely N-dealkylation sites (N-methyl/N-ethyl adjacent to an activating group) is 1. The van der Waals surface area contributed by atoms with Crippen molar-refractivity contribution in [1.82, 2.24) is 4.90 Å². The Balaban J connectivity index is 0.00000361. The van der Waals surface area contributed by atoms with E-state index in [1.54, 1.807) is 25.1 Å². The van der Waals surface area contributed by atoms with E-state index in [-0.39, 0.29) is 18.3 Å². The van der Waals surface area contributed by atoms with Crippen molar-refractivity contribution < 1.29 is 9.53 Å². The van der Waals surface area contributed by atoms with Gasteiger partial charge in [0.2, 0.25) is 5.91 Å². The van der Waals surface area contributed by atoms with Gasteiger partial charge in [0.25, 0.3) is 0 Å². The molecular weight excluding hydrogens is 301 g/mol. The molecule has 1 aromatic rings. The minimum atomic E-state index is -0.560. The van der Waals surface area contributed by atoms with Crippen LogP contribution < -0.4 is 15.8 Å². The third-order valence-electron chi connectivity index (χ3n) is 2.41. The van der Waals surface area contributed by atoms with Gasteiger partial charge in [0.1, 0.15) is 12.4 Å². The van der Waals surface area contributed by atoms with Crippen LogP contribution in [0, 0.1) is 0 Å². The van der Waals surface area contributed by atoms with Crippen molar-refractivity contribution in [3.63, 3.8) is 0 Å². The number of rotatable bonds is 6. The van der Waals surface area contributed by atoms with Gasteiger partial charge < -0.3 is 20.7 Å².